The lowest BCUT2D eigenvalue weighted by Gasteiger charge is -2.22. The van der Waals surface area contributed by atoms with E-state index in [9.17, 15) is 13.2 Å². The summed E-state index contributed by atoms with van der Waals surface area (Å²) in [4.78, 5) is 12.9. The van der Waals surface area contributed by atoms with Gasteiger partial charge in [-0.2, -0.15) is 0 Å². The zero-order valence-corrected chi connectivity index (χ0v) is 18.5. The fourth-order valence-electron chi connectivity index (χ4n) is 4.42. The molecule has 1 fully saturated rings. The summed E-state index contributed by atoms with van der Waals surface area (Å²) in [6, 6.07) is 20.2. The maximum atomic E-state index is 13.0. The summed E-state index contributed by atoms with van der Waals surface area (Å²) in [6.07, 6.45) is 7.84. The van der Waals surface area contributed by atoms with Gasteiger partial charge in [0.2, 0.25) is 15.7 Å². The fourth-order valence-corrected chi connectivity index (χ4v) is 5.73. The van der Waals surface area contributed by atoms with Crippen molar-refractivity contribution in [3.63, 3.8) is 0 Å². The molecule has 0 spiro atoms. The van der Waals surface area contributed by atoms with Crippen molar-refractivity contribution >= 4 is 26.5 Å². The van der Waals surface area contributed by atoms with Crippen LogP contribution in [0.2, 0.25) is 0 Å². The highest BCUT2D eigenvalue weighted by Crippen LogP contribution is 2.27. The average Bonchev–Trinajstić information content (AvgIpc) is 2.80. The van der Waals surface area contributed by atoms with E-state index < -0.39 is 9.84 Å². The minimum Gasteiger partial charge on any atom is -0.353 e. The predicted octanol–water partition coefficient (Wildman–Crippen LogP) is 5.44. The molecule has 1 amide bonds. The van der Waals surface area contributed by atoms with E-state index in [0.717, 1.165) is 42.0 Å². The van der Waals surface area contributed by atoms with Gasteiger partial charge >= 0.3 is 0 Å². The smallest absolute Gasteiger partial charge is 0.220 e. The Hall–Kier alpha value is -2.66. The number of rotatable bonds is 7. The van der Waals surface area contributed by atoms with Crippen molar-refractivity contribution in [3.05, 3.63) is 72.3 Å². The Morgan fingerprint density at radius 1 is 0.871 bits per heavy atom. The second-order valence-corrected chi connectivity index (χ2v) is 10.3. The van der Waals surface area contributed by atoms with Gasteiger partial charge in [0.15, 0.2) is 0 Å². The molecule has 1 N–H and O–H groups in total. The van der Waals surface area contributed by atoms with Gasteiger partial charge in [-0.15, -0.1) is 0 Å². The molecule has 0 unspecified atom stereocenters. The summed E-state index contributed by atoms with van der Waals surface area (Å²) in [6.45, 7) is 0. The highest BCUT2D eigenvalue weighted by molar-refractivity contribution is 7.91. The first-order chi connectivity index (χ1) is 15.0. The number of nitrogens with one attached hydrogen (secondary N) is 1. The Bertz CT molecular complexity index is 1150. The summed E-state index contributed by atoms with van der Waals surface area (Å²) in [5, 5.41) is 5.12. The Morgan fingerprint density at radius 3 is 2.42 bits per heavy atom. The van der Waals surface area contributed by atoms with Crippen LogP contribution < -0.4 is 5.32 Å². The summed E-state index contributed by atoms with van der Waals surface area (Å²) in [5.41, 5.74) is 1.08. The van der Waals surface area contributed by atoms with Gasteiger partial charge in [-0.25, -0.2) is 8.42 Å². The lowest BCUT2D eigenvalue weighted by atomic mass is 9.95. The van der Waals surface area contributed by atoms with E-state index in [4.69, 9.17) is 0 Å². The van der Waals surface area contributed by atoms with Crippen molar-refractivity contribution < 1.29 is 13.2 Å². The predicted molar refractivity (Wildman–Crippen MR) is 124 cm³/mol. The van der Waals surface area contributed by atoms with Crippen LogP contribution in [-0.4, -0.2) is 20.4 Å². The normalized spacial score (nSPS) is 15.1. The van der Waals surface area contributed by atoms with E-state index in [2.05, 4.69) is 5.32 Å². The van der Waals surface area contributed by atoms with Crippen molar-refractivity contribution in [3.8, 4) is 0 Å². The standard InChI is InChI=1S/C26H29NO3S/c28-26(27-22-12-3-1-4-13-22)16-8-11-20-9-7-10-21-17-18-24(19-25(20)21)31(29,30)23-14-5-2-6-15-23/h2,5-7,9-10,14-15,17-19,22H,1,3-4,8,11-13,16H2,(H,27,28). The summed E-state index contributed by atoms with van der Waals surface area (Å²) < 4.78 is 26.1. The van der Waals surface area contributed by atoms with Crippen LogP contribution in [0.3, 0.4) is 0 Å². The topological polar surface area (TPSA) is 63.2 Å². The Morgan fingerprint density at radius 2 is 1.65 bits per heavy atom. The van der Waals surface area contributed by atoms with Crippen LogP contribution >= 0.6 is 0 Å². The van der Waals surface area contributed by atoms with Crippen LogP contribution in [-0.2, 0) is 21.1 Å². The van der Waals surface area contributed by atoms with E-state index in [-0.39, 0.29) is 5.91 Å². The molecule has 0 radical (unpaired) electrons. The van der Waals surface area contributed by atoms with Crippen LogP contribution in [0.5, 0.6) is 0 Å². The third-order valence-corrected chi connectivity index (χ3v) is 7.90. The molecular weight excluding hydrogens is 406 g/mol. The van der Waals surface area contributed by atoms with Crippen molar-refractivity contribution in [2.75, 3.05) is 0 Å². The molecule has 162 valence electrons. The zero-order valence-electron chi connectivity index (χ0n) is 17.7. The number of carbonyl (C=O) groups is 1. The molecule has 3 aromatic carbocycles. The van der Waals surface area contributed by atoms with Gasteiger partial charge in [0.05, 0.1) is 9.79 Å². The molecule has 5 heteroatoms. The van der Waals surface area contributed by atoms with Crippen molar-refractivity contribution in [2.45, 2.75) is 67.2 Å². The number of hydrogen-bond acceptors (Lipinski definition) is 3. The number of aryl methyl sites for hydroxylation is 1. The SMILES string of the molecule is O=C(CCCc1cccc2ccc(S(=O)(=O)c3ccccc3)cc12)NC1CCCCC1. The van der Waals surface area contributed by atoms with Crippen LogP contribution in [0.25, 0.3) is 10.8 Å². The number of hydrogen-bond donors (Lipinski definition) is 1. The molecule has 0 saturated heterocycles. The minimum absolute atomic E-state index is 0.125. The minimum atomic E-state index is -3.56. The van der Waals surface area contributed by atoms with Crippen LogP contribution in [0.15, 0.2) is 76.5 Å². The summed E-state index contributed by atoms with van der Waals surface area (Å²) in [5.74, 6) is 0.125. The molecule has 1 saturated carbocycles. The molecular formula is C26H29NO3S. The van der Waals surface area contributed by atoms with Gasteiger partial charge in [0.1, 0.15) is 0 Å². The molecule has 0 aliphatic heterocycles. The first-order valence-corrected chi connectivity index (χ1v) is 12.6. The number of carbonyl (C=O) groups excluding carboxylic acids is 1. The largest absolute Gasteiger partial charge is 0.353 e. The number of benzene rings is 3. The zero-order chi connectivity index (χ0) is 21.7. The van der Waals surface area contributed by atoms with E-state index in [1.807, 2.05) is 30.3 Å². The Labute approximate surface area is 184 Å². The molecule has 0 aromatic heterocycles. The van der Waals surface area contributed by atoms with Crippen LogP contribution in [0, 0.1) is 0 Å². The molecule has 0 heterocycles. The van der Waals surface area contributed by atoms with E-state index in [1.54, 1.807) is 36.4 Å². The molecule has 3 aromatic rings. The fraction of sp³-hybridized carbons (Fsp3) is 0.346. The first kappa shape index (κ1) is 21.6. The van der Waals surface area contributed by atoms with E-state index in [1.165, 1.54) is 19.3 Å². The highest BCUT2D eigenvalue weighted by Gasteiger charge is 2.18. The third-order valence-electron chi connectivity index (χ3n) is 6.13. The van der Waals surface area contributed by atoms with Crippen LogP contribution in [0.1, 0.15) is 50.5 Å². The van der Waals surface area contributed by atoms with Crippen molar-refractivity contribution in [1.82, 2.24) is 5.32 Å². The van der Waals surface area contributed by atoms with Crippen molar-refractivity contribution in [2.24, 2.45) is 0 Å². The molecule has 1 aliphatic carbocycles. The van der Waals surface area contributed by atoms with Gasteiger partial charge in [-0.3, -0.25) is 4.79 Å². The third kappa shape index (κ3) is 5.16. The van der Waals surface area contributed by atoms with Crippen molar-refractivity contribution in [1.29, 1.82) is 0 Å². The second kappa shape index (κ2) is 9.65. The maximum Gasteiger partial charge on any atom is 0.220 e. The molecule has 31 heavy (non-hydrogen) atoms. The number of sulfone groups is 1. The van der Waals surface area contributed by atoms with Crippen LogP contribution in [0.4, 0.5) is 0 Å². The monoisotopic (exact) mass is 435 g/mol. The molecule has 4 rings (SSSR count). The highest BCUT2D eigenvalue weighted by atomic mass is 32.2. The van der Waals surface area contributed by atoms with Gasteiger partial charge < -0.3 is 5.32 Å². The lowest BCUT2D eigenvalue weighted by molar-refractivity contribution is -0.122. The Kier molecular flexibility index (Phi) is 6.71. The second-order valence-electron chi connectivity index (χ2n) is 8.37. The lowest BCUT2D eigenvalue weighted by Crippen LogP contribution is -2.36. The summed E-state index contributed by atoms with van der Waals surface area (Å²) >= 11 is 0. The van der Waals surface area contributed by atoms with Gasteiger partial charge in [-0.1, -0.05) is 61.7 Å². The molecule has 0 bridgehead atoms. The average molecular weight is 436 g/mol. The van der Waals surface area contributed by atoms with E-state index in [0.29, 0.717) is 22.3 Å². The number of amides is 1. The maximum absolute atomic E-state index is 13.0. The van der Waals surface area contributed by atoms with E-state index >= 15 is 0 Å². The summed E-state index contributed by atoms with van der Waals surface area (Å²) in [7, 11) is -3.56. The quantitative estimate of drug-likeness (QED) is 0.537. The Balaban J connectivity index is 1.48. The van der Waals surface area contributed by atoms with Gasteiger partial charge in [0.25, 0.3) is 0 Å². The van der Waals surface area contributed by atoms with Gasteiger partial charge in [-0.05, 0) is 66.3 Å². The molecule has 0 atom stereocenters. The van der Waals surface area contributed by atoms with Gasteiger partial charge in [0, 0.05) is 12.5 Å². The molecule has 1 aliphatic rings. The first-order valence-electron chi connectivity index (χ1n) is 11.2. The molecule has 4 nitrogen and oxygen atoms in total. The number of fused-ring (bicyclic) bond motifs is 1.